The van der Waals surface area contributed by atoms with Crippen LogP contribution in [0.3, 0.4) is 0 Å². The summed E-state index contributed by atoms with van der Waals surface area (Å²) in [6.07, 6.45) is 4.94. The summed E-state index contributed by atoms with van der Waals surface area (Å²) >= 11 is 0. The molecule has 4 aromatic heterocycles. The molecule has 7 N–H and O–H groups in total. The molecule has 3 amide bonds. The fraction of sp³-hybridized carbons (Fsp3) is 0.326. The minimum absolute atomic E-state index is 0.111. The molecule has 352 valence electrons. The summed E-state index contributed by atoms with van der Waals surface area (Å²) in [4.78, 5) is 72.9. The van der Waals surface area contributed by atoms with Crippen LogP contribution < -0.4 is 51.3 Å². The third-order valence-corrected chi connectivity index (χ3v) is 10.0. The molecule has 0 aliphatic carbocycles. The van der Waals surface area contributed by atoms with Gasteiger partial charge in [-0.25, -0.2) is 34.9 Å². The number of hydrogen-bond acceptors (Lipinski definition) is 18. The Morgan fingerprint density at radius 1 is 0.672 bits per heavy atom. The average molecular weight is 917 g/mol. The highest BCUT2D eigenvalue weighted by Gasteiger charge is 2.20. The third kappa shape index (κ3) is 13.2. The van der Waals surface area contributed by atoms with Crippen molar-refractivity contribution in [2.24, 2.45) is 17.2 Å². The van der Waals surface area contributed by atoms with E-state index < -0.39 is 17.7 Å². The number of primary amides is 3. The van der Waals surface area contributed by atoms with Gasteiger partial charge < -0.3 is 51.3 Å². The number of piperidine rings is 1. The smallest absolute Gasteiger partial charge is 0.319 e. The third-order valence-electron chi connectivity index (χ3n) is 10.0. The predicted octanol–water partition coefficient (Wildman–Crippen LogP) is 4.82. The van der Waals surface area contributed by atoms with Gasteiger partial charge in [0.1, 0.15) is 28.6 Å². The lowest BCUT2D eigenvalue weighted by molar-refractivity contribution is 0.0987. The zero-order chi connectivity index (χ0) is 48.5. The highest BCUT2D eigenvalue weighted by atomic mass is 16.5. The Morgan fingerprint density at radius 3 is 1.93 bits per heavy atom. The quantitative estimate of drug-likeness (QED) is 0.101. The lowest BCUT2D eigenvalue weighted by Crippen LogP contribution is -2.31. The topological polar surface area (TPSA) is 288 Å². The number of amides is 3. The van der Waals surface area contributed by atoms with E-state index in [0.29, 0.717) is 65.9 Å². The number of hydrogen-bond donors (Lipinski definition) is 4. The summed E-state index contributed by atoms with van der Waals surface area (Å²) in [7, 11) is 6.21. The Morgan fingerprint density at radius 2 is 1.31 bits per heavy atom. The zero-order valence-electron chi connectivity index (χ0n) is 38.6. The van der Waals surface area contributed by atoms with Crippen molar-refractivity contribution in [3.8, 4) is 57.2 Å². The van der Waals surface area contributed by atoms with Crippen molar-refractivity contribution in [3.05, 3.63) is 90.0 Å². The van der Waals surface area contributed by atoms with Gasteiger partial charge in [0.15, 0.2) is 0 Å². The monoisotopic (exact) mass is 916 g/mol. The van der Waals surface area contributed by atoms with Crippen LogP contribution in [0.2, 0.25) is 0 Å². The molecular weight excluding hydrogens is 861 g/mol. The second kappa shape index (κ2) is 24.2. The van der Waals surface area contributed by atoms with Crippen molar-refractivity contribution in [2.45, 2.75) is 40.0 Å². The molecule has 0 atom stereocenters. The number of aromatic nitrogens is 8. The fourth-order valence-corrected chi connectivity index (χ4v) is 6.64. The molecule has 1 aliphatic rings. The fourth-order valence-electron chi connectivity index (χ4n) is 6.64. The molecule has 5 heterocycles. The van der Waals surface area contributed by atoms with E-state index in [4.69, 9.17) is 36.1 Å². The zero-order valence-corrected chi connectivity index (χ0v) is 38.6. The van der Waals surface area contributed by atoms with Crippen molar-refractivity contribution >= 4 is 35.6 Å². The first-order chi connectivity index (χ1) is 32.4. The Balaban J connectivity index is 0.000000190. The van der Waals surface area contributed by atoms with Gasteiger partial charge in [-0.15, -0.1) is 0 Å². The molecule has 0 unspecified atom stereocenters. The van der Waals surface area contributed by atoms with Crippen LogP contribution in [0.15, 0.2) is 72.9 Å². The van der Waals surface area contributed by atoms with E-state index in [-0.39, 0.29) is 29.0 Å². The number of anilines is 3. The normalized spacial score (nSPS) is 11.7. The Labute approximate surface area is 388 Å². The van der Waals surface area contributed by atoms with E-state index in [1.165, 1.54) is 32.9 Å². The first-order valence-electron chi connectivity index (χ1n) is 21.4. The maximum atomic E-state index is 11.7. The van der Waals surface area contributed by atoms with Crippen LogP contribution in [0.4, 0.5) is 17.8 Å². The molecule has 1 aliphatic heterocycles. The van der Waals surface area contributed by atoms with Crippen molar-refractivity contribution in [2.75, 3.05) is 76.3 Å². The molecule has 67 heavy (non-hydrogen) atoms. The van der Waals surface area contributed by atoms with Crippen LogP contribution in [0.25, 0.3) is 33.8 Å². The van der Waals surface area contributed by atoms with Gasteiger partial charge in [-0.1, -0.05) is 24.3 Å². The first-order valence-corrected chi connectivity index (χ1v) is 21.4. The lowest BCUT2D eigenvalue weighted by atomic mass is 10.1. The van der Waals surface area contributed by atoms with Gasteiger partial charge in [0, 0.05) is 50.6 Å². The second-order valence-corrected chi connectivity index (χ2v) is 14.3. The van der Waals surface area contributed by atoms with E-state index in [0.717, 1.165) is 42.8 Å². The summed E-state index contributed by atoms with van der Waals surface area (Å²) in [6.45, 7) is 9.61. The predicted molar refractivity (Wildman–Crippen MR) is 254 cm³/mol. The van der Waals surface area contributed by atoms with E-state index >= 15 is 0 Å². The number of methoxy groups -OCH3 is 3. The lowest BCUT2D eigenvalue weighted by Gasteiger charge is -2.27. The van der Waals surface area contributed by atoms with Crippen LogP contribution in [0.5, 0.6) is 23.4 Å². The maximum absolute atomic E-state index is 11.7. The van der Waals surface area contributed by atoms with Crippen molar-refractivity contribution in [3.63, 3.8) is 0 Å². The number of para-hydroxylation sites is 1. The highest BCUT2D eigenvalue weighted by molar-refractivity contribution is 5.93. The van der Waals surface area contributed by atoms with Crippen LogP contribution in [-0.4, -0.2) is 119 Å². The Kier molecular flexibility index (Phi) is 18.0. The number of rotatable bonds is 16. The molecule has 0 radical (unpaired) electrons. The maximum Gasteiger partial charge on any atom is 0.319 e. The molecule has 21 nitrogen and oxygen atoms in total. The molecule has 0 spiro atoms. The van der Waals surface area contributed by atoms with Gasteiger partial charge in [0.05, 0.1) is 50.6 Å². The average Bonchev–Trinajstić information content (AvgIpc) is 3.37. The van der Waals surface area contributed by atoms with Crippen molar-refractivity contribution in [1.29, 1.82) is 0 Å². The van der Waals surface area contributed by atoms with Crippen LogP contribution in [-0.2, 0) is 0 Å². The standard InChI is InChI=1S/C18H22N4O2.C15H20N6O3.C13H14N4O2/c1-2-24-16-9-5-4-8-13(16)14-12-15(17(19)23)21-18(20-14)22-10-6-3-7-11-22;1-5-21(6-2)14-18-10(7-11(19-14)12(16)22)9-8-17-15(24-4)20-13(9)23-3;1-15-13-16-10(7-11(17-13)12(14)18)8-4-3-5-9(6-8)19-2/h4-5,8-9,12H,2-3,6-7,10-11H2,1H3,(H2,19,23);7-8H,5-6H2,1-4H3,(H2,16,22);3-7H,1-2H3,(H2,14,18)(H,15,16,17). The number of nitrogens with one attached hydrogen (secondary N) is 1. The Hall–Kier alpha value is -8.23. The summed E-state index contributed by atoms with van der Waals surface area (Å²) in [6, 6.07) is 19.9. The molecule has 21 heteroatoms. The number of nitrogens with zero attached hydrogens (tertiary/aromatic N) is 10. The Bertz CT molecular complexity index is 2640. The summed E-state index contributed by atoms with van der Waals surface area (Å²) < 4.78 is 21.1. The molecule has 0 bridgehead atoms. The highest BCUT2D eigenvalue weighted by Crippen LogP contribution is 2.32. The molecule has 6 aromatic rings. The molecule has 2 aromatic carbocycles. The summed E-state index contributed by atoms with van der Waals surface area (Å²) in [5.41, 5.74) is 20.5. The van der Waals surface area contributed by atoms with Gasteiger partial charge in [-0.3, -0.25) is 14.4 Å². The summed E-state index contributed by atoms with van der Waals surface area (Å²) in [5.74, 6) is 1.25. The van der Waals surface area contributed by atoms with Crippen LogP contribution in [0, 0.1) is 0 Å². The number of carbonyl (C=O) groups is 3. The number of ether oxygens (including phenoxy) is 4. The van der Waals surface area contributed by atoms with E-state index in [2.05, 4.69) is 50.1 Å². The van der Waals surface area contributed by atoms with Gasteiger partial charge in [0.2, 0.25) is 23.7 Å². The van der Waals surface area contributed by atoms with Gasteiger partial charge in [0.25, 0.3) is 17.7 Å². The second-order valence-electron chi connectivity index (χ2n) is 14.3. The SMILES string of the molecule is CCN(CC)c1nc(C(N)=O)cc(-c2cnc(OC)nc2OC)n1.CCOc1ccccc1-c1cc(C(N)=O)nc(N2CCCCC2)n1.CNc1nc(C(N)=O)cc(-c2cccc(OC)c2)n1. The van der Waals surface area contributed by atoms with E-state index in [1.54, 1.807) is 26.3 Å². The summed E-state index contributed by atoms with van der Waals surface area (Å²) in [5, 5.41) is 2.80. The van der Waals surface area contributed by atoms with Gasteiger partial charge in [-0.05, 0) is 82.5 Å². The van der Waals surface area contributed by atoms with Crippen molar-refractivity contribution < 1.29 is 33.3 Å². The minimum Gasteiger partial charge on any atom is -0.497 e. The molecule has 0 saturated carbocycles. The molecule has 7 rings (SSSR count). The number of nitrogens with two attached hydrogens (primary N) is 3. The van der Waals surface area contributed by atoms with Crippen LogP contribution in [0.1, 0.15) is 71.5 Å². The molecule has 1 saturated heterocycles. The van der Waals surface area contributed by atoms with E-state index in [1.807, 2.05) is 74.2 Å². The van der Waals surface area contributed by atoms with Gasteiger partial charge in [-0.2, -0.15) is 4.98 Å². The van der Waals surface area contributed by atoms with Crippen molar-refractivity contribution in [1.82, 2.24) is 39.9 Å². The molecular formula is C46H56N14O7. The van der Waals surface area contributed by atoms with E-state index in [9.17, 15) is 14.4 Å². The molecule has 1 fully saturated rings. The first kappa shape index (κ1) is 49.8. The number of carbonyl (C=O) groups excluding carboxylic acids is 3. The number of benzene rings is 2. The largest absolute Gasteiger partial charge is 0.497 e. The minimum atomic E-state index is -0.638. The van der Waals surface area contributed by atoms with Gasteiger partial charge >= 0.3 is 6.01 Å². The van der Waals surface area contributed by atoms with Crippen LogP contribution >= 0.6 is 0 Å².